The first kappa shape index (κ1) is 12.2. The summed E-state index contributed by atoms with van der Waals surface area (Å²) in [5, 5.41) is 0. The molecule has 0 spiro atoms. The topological polar surface area (TPSA) is 24.2 Å². The maximum absolute atomic E-state index is 4.06. The second-order valence-electron chi connectivity index (χ2n) is 4.22. The normalized spacial score (nSPS) is 11.0. The van der Waals surface area contributed by atoms with Crippen LogP contribution in [0.1, 0.15) is 11.4 Å². The molecule has 0 aliphatic carbocycles. The third-order valence-electron chi connectivity index (χ3n) is 2.65. The zero-order valence-corrected chi connectivity index (χ0v) is 10.8. The van der Waals surface area contributed by atoms with E-state index in [1.807, 2.05) is 38.0 Å². The largest absolute Gasteiger partial charge is 0.325 e. The molecule has 0 saturated carbocycles. The van der Waals surface area contributed by atoms with Crippen molar-refractivity contribution >= 4 is 12.9 Å². The van der Waals surface area contributed by atoms with Crippen LogP contribution in [0.5, 0.6) is 0 Å². The Morgan fingerprint density at radius 3 is 3.17 bits per heavy atom. The second-order valence-corrected chi connectivity index (χ2v) is 4.22. The number of aliphatic imine (C=N–C) groups is 1. The van der Waals surface area contributed by atoms with Gasteiger partial charge in [0.15, 0.2) is 0 Å². The van der Waals surface area contributed by atoms with E-state index in [9.17, 15) is 0 Å². The molecule has 94 valence electrons. The molecule has 0 fully saturated rings. The van der Waals surface area contributed by atoms with Crippen LogP contribution in [0.3, 0.4) is 0 Å². The van der Waals surface area contributed by atoms with Crippen LogP contribution in [0.4, 0.5) is 0 Å². The first-order valence-electron chi connectivity index (χ1n) is 5.81. The summed E-state index contributed by atoms with van der Waals surface area (Å²) in [4.78, 5) is 4.06. The highest BCUT2D eigenvalue weighted by atomic mass is 15.2. The lowest BCUT2D eigenvalue weighted by atomic mass is 10.4. The molecule has 2 rings (SSSR count). The maximum atomic E-state index is 4.06. The molecule has 0 atom stereocenters. The van der Waals surface area contributed by atoms with Gasteiger partial charge in [0.1, 0.15) is 7.05 Å². The lowest BCUT2D eigenvalue weighted by molar-refractivity contribution is -0.709. The Bertz CT molecular complexity index is 560. The zero-order valence-electron chi connectivity index (χ0n) is 10.8. The molecule has 0 radical (unpaired) electrons. The Kier molecular flexibility index (Phi) is 3.67. The average Bonchev–Trinajstić information content (AvgIpc) is 2.91. The van der Waals surface area contributed by atoms with Gasteiger partial charge in [0.05, 0.1) is 17.9 Å². The van der Waals surface area contributed by atoms with Crippen molar-refractivity contribution in [3.63, 3.8) is 0 Å². The van der Waals surface area contributed by atoms with Gasteiger partial charge in [-0.1, -0.05) is 0 Å². The summed E-state index contributed by atoms with van der Waals surface area (Å²) in [5.41, 5.74) is 2.22. The number of hydrogen-bond donors (Lipinski definition) is 0. The average molecular weight is 242 g/mol. The van der Waals surface area contributed by atoms with Crippen LogP contribution in [-0.4, -0.2) is 36.2 Å². The van der Waals surface area contributed by atoms with Crippen molar-refractivity contribution in [2.24, 2.45) is 4.99 Å². The van der Waals surface area contributed by atoms with Crippen LogP contribution in [0.25, 0.3) is 0 Å². The maximum Gasteiger partial charge on any atom is 0.204 e. The van der Waals surface area contributed by atoms with Crippen molar-refractivity contribution < 1.29 is 9.14 Å². The van der Waals surface area contributed by atoms with Gasteiger partial charge in [0.25, 0.3) is 0 Å². The predicted octanol–water partition coefficient (Wildman–Crippen LogP) is 0.902. The van der Waals surface area contributed by atoms with E-state index >= 15 is 0 Å². The fraction of sp³-hybridized carbons (Fsp3) is 0.214. The molecule has 0 unspecified atom stereocenters. The summed E-state index contributed by atoms with van der Waals surface area (Å²) in [6, 6.07) is 8.18. The van der Waals surface area contributed by atoms with Crippen molar-refractivity contribution in [2.75, 3.05) is 14.1 Å². The van der Waals surface area contributed by atoms with Gasteiger partial charge in [-0.3, -0.25) is 9.56 Å². The van der Waals surface area contributed by atoms with Crippen LogP contribution < -0.4 is 4.57 Å². The van der Waals surface area contributed by atoms with Gasteiger partial charge in [-0.2, -0.15) is 0 Å². The molecule has 4 nitrogen and oxygen atoms in total. The standard InChI is InChI=1S/C14H18N4/c1-15-10-13-6-4-8-17(13)12-18-9-5-7-14(18)11-16(2)3/h4-11H,2,12H2,1,3H3. The first-order valence-corrected chi connectivity index (χ1v) is 5.81. The Labute approximate surface area is 108 Å². The van der Waals surface area contributed by atoms with Crippen LogP contribution in [0, 0.1) is 6.54 Å². The number of aromatic nitrogens is 2. The van der Waals surface area contributed by atoms with Crippen LogP contribution in [-0.2, 0) is 6.67 Å². The number of hydrogen-bond acceptors (Lipinski definition) is 1. The van der Waals surface area contributed by atoms with Gasteiger partial charge < -0.3 is 9.14 Å². The molecule has 2 aromatic rings. The van der Waals surface area contributed by atoms with Crippen molar-refractivity contribution in [1.82, 2.24) is 4.57 Å². The summed E-state index contributed by atoms with van der Waals surface area (Å²) >= 11 is 0. The smallest absolute Gasteiger partial charge is 0.204 e. The fourth-order valence-electron chi connectivity index (χ4n) is 1.87. The Balaban J connectivity index is 2.21. The van der Waals surface area contributed by atoms with E-state index in [1.54, 1.807) is 11.6 Å². The fourth-order valence-corrected chi connectivity index (χ4v) is 1.87. The molecule has 0 bridgehead atoms. The number of nitrogens with zero attached hydrogens (tertiary/aromatic N) is 4. The van der Waals surface area contributed by atoms with Crippen LogP contribution in [0.15, 0.2) is 41.7 Å². The minimum atomic E-state index is 0.765. The van der Waals surface area contributed by atoms with E-state index in [2.05, 4.69) is 39.3 Å². The Morgan fingerprint density at radius 1 is 1.61 bits per heavy atom. The lowest BCUT2D eigenvalue weighted by Gasteiger charge is -2.10. The number of rotatable bonds is 5. The quantitative estimate of drug-likeness (QED) is 0.423. The molecule has 18 heavy (non-hydrogen) atoms. The zero-order chi connectivity index (χ0) is 13.0. The van der Waals surface area contributed by atoms with Crippen molar-refractivity contribution in [2.45, 2.75) is 6.67 Å². The van der Waals surface area contributed by atoms with E-state index in [1.165, 1.54) is 0 Å². The van der Waals surface area contributed by atoms with Gasteiger partial charge in [-0.15, -0.1) is 0 Å². The summed E-state index contributed by atoms with van der Waals surface area (Å²) in [6.07, 6.45) is 5.97. The van der Waals surface area contributed by atoms with E-state index in [-0.39, 0.29) is 0 Å². The molecule has 0 aliphatic heterocycles. The van der Waals surface area contributed by atoms with Crippen LogP contribution >= 0.6 is 0 Å². The summed E-state index contributed by atoms with van der Waals surface area (Å²) in [5.74, 6) is 0. The molecule has 0 aromatic carbocycles. The van der Waals surface area contributed by atoms with E-state index < -0.39 is 0 Å². The van der Waals surface area contributed by atoms with Crippen molar-refractivity contribution in [1.29, 1.82) is 0 Å². The third-order valence-corrected chi connectivity index (χ3v) is 2.65. The molecule has 0 amide bonds. The Morgan fingerprint density at radius 2 is 2.44 bits per heavy atom. The molecule has 2 aromatic heterocycles. The van der Waals surface area contributed by atoms with Gasteiger partial charge in [0.2, 0.25) is 6.67 Å². The minimum Gasteiger partial charge on any atom is -0.325 e. The molecule has 0 aliphatic rings. The van der Waals surface area contributed by atoms with Crippen LogP contribution in [0.2, 0.25) is 0 Å². The highest BCUT2D eigenvalue weighted by Crippen LogP contribution is 2.01. The molecule has 2 heterocycles. The van der Waals surface area contributed by atoms with Gasteiger partial charge >= 0.3 is 0 Å². The molecular formula is C14H18N4. The van der Waals surface area contributed by atoms with Gasteiger partial charge in [-0.05, 0) is 12.1 Å². The molecule has 4 heteroatoms. The van der Waals surface area contributed by atoms with Gasteiger partial charge in [0, 0.05) is 32.4 Å². The lowest BCUT2D eigenvalue weighted by Crippen LogP contribution is -2.39. The van der Waals surface area contributed by atoms with E-state index in [0.717, 1.165) is 18.1 Å². The minimum absolute atomic E-state index is 0.765. The first-order chi connectivity index (χ1) is 8.70. The molecule has 0 saturated heterocycles. The second kappa shape index (κ2) is 5.40. The van der Waals surface area contributed by atoms with Gasteiger partial charge in [-0.25, -0.2) is 12.1 Å². The third kappa shape index (κ3) is 2.71. The molecular weight excluding hydrogens is 224 g/mol. The van der Waals surface area contributed by atoms with Crippen molar-refractivity contribution in [3.05, 3.63) is 54.6 Å². The van der Waals surface area contributed by atoms with E-state index in [0.29, 0.717) is 0 Å². The summed E-state index contributed by atoms with van der Waals surface area (Å²) in [6.45, 7) is 6.60. The SMILES string of the molecule is C=[N+](C)[CH-][c-]1ccc[n+]1Cn1cccc1C=NC. The van der Waals surface area contributed by atoms with E-state index in [4.69, 9.17) is 0 Å². The summed E-state index contributed by atoms with van der Waals surface area (Å²) in [7, 11) is 3.70. The highest BCUT2D eigenvalue weighted by Gasteiger charge is 2.04. The monoisotopic (exact) mass is 242 g/mol. The molecule has 0 N–H and O–H groups in total. The Hall–Kier alpha value is -2.23. The highest BCUT2D eigenvalue weighted by molar-refractivity contribution is 5.77. The summed E-state index contributed by atoms with van der Waals surface area (Å²) < 4.78 is 6.11. The van der Waals surface area contributed by atoms with Crippen molar-refractivity contribution in [3.8, 4) is 0 Å². The predicted molar refractivity (Wildman–Crippen MR) is 72.3 cm³/mol.